The molecule has 1 aliphatic heterocycles. The van der Waals surface area contributed by atoms with E-state index in [2.05, 4.69) is 5.32 Å². The average molecular weight is 484 g/mol. The van der Waals surface area contributed by atoms with Gasteiger partial charge in [-0.2, -0.15) is 0 Å². The highest BCUT2D eigenvalue weighted by molar-refractivity contribution is 5.96. The summed E-state index contributed by atoms with van der Waals surface area (Å²) in [6, 6.07) is 16.2. The van der Waals surface area contributed by atoms with Gasteiger partial charge >= 0.3 is 6.09 Å². The molecular weight excluding hydrogens is 450 g/mol. The van der Waals surface area contributed by atoms with Crippen LogP contribution < -0.4 is 15.5 Å². The Labute approximate surface area is 205 Å². The van der Waals surface area contributed by atoms with Gasteiger partial charge in [-0.05, 0) is 42.2 Å². The Balaban J connectivity index is 1.67. The van der Waals surface area contributed by atoms with Crippen LogP contribution in [-0.2, 0) is 16.0 Å². The SMILES string of the molecule is CCC(C)C1[C@H](C(=O)NO)C(C(=O)Nc2ccc(OCCc3ccccc3)cc2)CCN1C(=O)O. The van der Waals surface area contributed by atoms with E-state index >= 15 is 0 Å². The fourth-order valence-electron chi connectivity index (χ4n) is 4.67. The Morgan fingerprint density at radius 3 is 2.37 bits per heavy atom. The van der Waals surface area contributed by atoms with Crippen molar-refractivity contribution in [2.45, 2.75) is 39.2 Å². The Morgan fingerprint density at radius 2 is 1.77 bits per heavy atom. The fraction of sp³-hybridized carbons (Fsp3) is 0.423. The van der Waals surface area contributed by atoms with Crippen LogP contribution in [0.3, 0.4) is 0 Å². The Morgan fingerprint density at radius 1 is 1.09 bits per heavy atom. The van der Waals surface area contributed by atoms with Crippen molar-refractivity contribution in [2.24, 2.45) is 17.8 Å². The van der Waals surface area contributed by atoms with Gasteiger partial charge in [0, 0.05) is 18.7 Å². The van der Waals surface area contributed by atoms with Crippen LogP contribution in [0, 0.1) is 17.8 Å². The maximum absolute atomic E-state index is 13.2. The monoisotopic (exact) mass is 483 g/mol. The molecule has 3 rings (SSSR count). The lowest BCUT2D eigenvalue weighted by atomic mass is 9.73. The minimum Gasteiger partial charge on any atom is -0.493 e. The summed E-state index contributed by atoms with van der Waals surface area (Å²) in [5.74, 6) is -2.48. The predicted molar refractivity (Wildman–Crippen MR) is 130 cm³/mol. The number of carbonyl (C=O) groups is 3. The molecule has 1 heterocycles. The molecular formula is C26H33N3O6. The number of piperidine rings is 1. The van der Waals surface area contributed by atoms with Gasteiger partial charge < -0.3 is 20.1 Å². The molecule has 3 amide bonds. The lowest BCUT2D eigenvalue weighted by Crippen LogP contribution is -2.60. The van der Waals surface area contributed by atoms with E-state index in [0.29, 0.717) is 24.5 Å². The smallest absolute Gasteiger partial charge is 0.407 e. The number of nitrogens with zero attached hydrogens (tertiary/aromatic N) is 1. The third kappa shape index (κ3) is 6.51. The van der Waals surface area contributed by atoms with Crippen LogP contribution in [0.2, 0.25) is 0 Å². The molecule has 35 heavy (non-hydrogen) atoms. The number of hydroxylamine groups is 1. The maximum Gasteiger partial charge on any atom is 0.407 e. The Hall–Kier alpha value is -3.59. The summed E-state index contributed by atoms with van der Waals surface area (Å²) in [4.78, 5) is 38.8. The third-order valence-corrected chi connectivity index (χ3v) is 6.69. The van der Waals surface area contributed by atoms with Crippen molar-refractivity contribution in [2.75, 3.05) is 18.5 Å². The van der Waals surface area contributed by atoms with Gasteiger partial charge in [-0.1, -0.05) is 50.6 Å². The fourth-order valence-corrected chi connectivity index (χ4v) is 4.67. The normalized spacial score (nSPS) is 20.5. The second-order valence-corrected chi connectivity index (χ2v) is 8.85. The molecule has 0 aromatic heterocycles. The van der Waals surface area contributed by atoms with Crippen LogP contribution in [0.4, 0.5) is 10.5 Å². The van der Waals surface area contributed by atoms with Gasteiger partial charge in [0.25, 0.3) is 0 Å². The van der Waals surface area contributed by atoms with Crippen molar-refractivity contribution < 1.29 is 29.4 Å². The number of anilines is 1. The second kappa shape index (κ2) is 12.2. The van der Waals surface area contributed by atoms with E-state index in [-0.39, 0.29) is 18.9 Å². The molecule has 9 nitrogen and oxygen atoms in total. The molecule has 0 bridgehead atoms. The predicted octanol–water partition coefficient (Wildman–Crippen LogP) is 3.78. The van der Waals surface area contributed by atoms with E-state index in [1.54, 1.807) is 29.7 Å². The zero-order valence-corrected chi connectivity index (χ0v) is 20.0. The minimum atomic E-state index is -1.15. The van der Waals surface area contributed by atoms with E-state index in [4.69, 9.17) is 4.74 Å². The van der Waals surface area contributed by atoms with E-state index in [1.807, 2.05) is 44.2 Å². The number of hydrogen-bond acceptors (Lipinski definition) is 5. The van der Waals surface area contributed by atoms with Crippen molar-refractivity contribution in [1.82, 2.24) is 10.4 Å². The number of rotatable bonds is 9. The van der Waals surface area contributed by atoms with Crippen LogP contribution in [0.5, 0.6) is 5.75 Å². The lowest BCUT2D eigenvalue weighted by Gasteiger charge is -2.45. The summed E-state index contributed by atoms with van der Waals surface area (Å²) < 4.78 is 5.78. The zero-order valence-electron chi connectivity index (χ0n) is 20.0. The van der Waals surface area contributed by atoms with E-state index in [0.717, 1.165) is 6.42 Å². The van der Waals surface area contributed by atoms with Gasteiger partial charge in [0.05, 0.1) is 24.5 Å². The van der Waals surface area contributed by atoms with E-state index in [1.165, 1.54) is 10.5 Å². The van der Waals surface area contributed by atoms with Crippen LogP contribution >= 0.6 is 0 Å². The van der Waals surface area contributed by atoms with Crippen molar-refractivity contribution in [1.29, 1.82) is 0 Å². The summed E-state index contributed by atoms with van der Waals surface area (Å²) >= 11 is 0. The molecule has 1 saturated heterocycles. The zero-order chi connectivity index (χ0) is 25.4. The molecule has 4 N–H and O–H groups in total. The van der Waals surface area contributed by atoms with E-state index in [9.17, 15) is 24.7 Å². The highest BCUT2D eigenvalue weighted by atomic mass is 16.5. The molecule has 2 aromatic rings. The van der Waals surface area contributed by atoms with Crippen molar-refractivity contribution in [3.63, 3.8) is 0 Å². The molecule has 1 fully saturated rings. The molecule has 9 heteroatoms. The summed E-state index contributed by atoms with van der Waals surface area (Å²) in [7, 11) is 0. The Bertz CT molecular complexity index is 998. The number of hydrogen-bond donors (Lipinski definition) is 4. The topological polar surface area (TPSA) is 128 Å². The summed E-state index contributed by atoms with van der Waals surface area (Å²) in [6.07, 6.45) is 0.417. The minimum absolute atomic E-state index is 0.131. The van der Waals surface area contributed by atoms with Gasteiger partial charge in [-0.25, -0.2) is 10.3 Å². The molecule has 2 aromatic carbocycles. The average Bonchev–Trinajstić information content (AvgIpc) is 2.88. The first-order chi connectivity index (χ1) is 16.8. The molecule has 3 unspecified atom stereocenters. The molecule has 4 atom stereocenters. The van der Waals surface area contributed by atoms with Gasteiger partial charge in [0.2, 0.25) is 11.8 Å². The molecule has 0 aliphatic carbocycles. The maximum atomic E-state index is 13.2. The standard InChI is InChI=1S/C26H33N3O6/c1-3-17(2)23-22(25(31)28-34)21(13-15-29(23)26(32)33)24(30)27-19-9-11-20(12-10-19)35-16-14-18-7-5-4-6-8-18/h4-12,17,21-23,34H,3,13-16H2,1-2H3,(H,27,30)(H,28,31)(H,32,33)/t17?,21?,22-,23?/m1/s1. The van der Waals surface area contributed by atoms with Crippen molar-refractivity contribution in [3.05, 3.63) is 60.2 Å². The molecule has 0 saturated carbocycles. The highest BCUT2D eigenvalue weighted by Gasteiger charge is 2.48. The number of carboxylic acid groups (broad SMARTS) is 1. The van der Waals surface area contributed by atoms with Gasteiger partial charge in [0.15, 0.2) is 0 Å². The van der Waals surface area contributed by atoms with Crippen LogP contribution in [0.25, 0.3) is 0 Å². The largest absolute Gasteiger partial charge is 0.493 e. The van der Waals surface area contributed by atoms with E-state index < -0.39 is 35.8 Å². The first kappa shape index (κ1) is 26.0. The van der Waals surface area contributed by atoms with Gasteiger partial charge in [0.1, 0.15) is 5.75 Å². The Kier molecular flexibility index (Phi) is 9.08. The van der Waals surface area contributed by atoms with Crippen LogP contribution in [-0.4, -0.2) is 52.3 Å². The number of amides is 3. The summed E-state index contributed by atoms with van der Waals surface area (Å²) in [5.41, 5.74) is 3.35. The van der Waals surface area contributed by atoms with Crippen molar-refractivity contribution >= 4 is 23.6 Å². The number of benzene rings is 2. The number of ether oxygens (including phenoxy) is 1. The van der Waals surface area contributed by atoms with Gasteiger partial charge in [-0.3, -0.25) is 14.8 Å². The molecule has 0 radical (unpaired) electrons. The van der Waals surface area contributed by atoms with Crippen molar-refractivity contribution in [3.8, 4) is 5.75 Å². The van der Waals surface area contributed by atoms with Crippen LogP contribution in [0.15, 0.2) is 54.6 Å². The lowest BCUT2D eigenvalue weighted by molar-refractivity contribution is -0.145. The number of carbonyl (C=O) groups excluding carboxylic acids is 2. The number of nitrogens with one attached hydrogen (secondary N) is 2. The highest BCUT2D eigenvalue weighted by Crippen LogP contribution is 2.36. The number of likely N-dealkylation sites (tertiary alicyclic amines) is 1. The first-order valence-electron chi connectivity index (χ1n) is 11.9. The molecule has 0 spiro atoms. The molecule has 1 aliphatic rings. The summed E-state index contributed by atoms with van der Waals surface area (Å²) in [5, 5.41) is 21.8. The summed E-state index contributed by atoms with van der Waals surface area (Å²) in [6.45, 7) is 4.39. The van der Waals surface area contributed by atoms with Crippen LogP contribution in [0.1, 0.15) is 32.3 Å². The quantitative estimate of drug-likeness (QED) is 0.317. The first-order valence-corrected chi connectivity index (χ1v) is 11.9. The second-order valence-electron chi connectivity index (χ2n) is 8.85. The third-order valence-electron chi connectivity index (χ3n) is 6.69. The van der Waals surface area contributed by atoms with Gasteiger partial charge in [-0.15, -0.1) is 0 Å². The molecule has 188 valence electrons.